The van der Waals surface area contributed by atoms with Crippen molar-refractivity contribution in [2.45, 2.75) is 24.6 Å². The standard InChI is InChI=1S/C9H14ClN3OS2/c1-3-15-9-13-12-8(16-9)11-7(14)6(2)4-5-10/h6H,3-5H2,1-2H3,(H,11,12,14). The molecule has 1 atom stereocenters. The number of thioether (sulfide) groups is 1. The summed E-state index contributed by atoms with van der Waals surface area (Å²) < 4.78 is 0.878. The molecule has 0 aliphatic carbocycles. The predicted molar refractivity (Wildman–Crippen MR) is 69.4 cm³/mol. The van der Waals surface area contributed by atoms with Crippen molar-refractivity contribution in [2.24, 2.45) is 5.92 Å². The Hall–Kier alpha value is -0.330. The van der Waals surface area contributed by atoms with Crippen LogP contribution in [0.2, 0.25) is 0 Å². The van der Waals surface area contributed by atoms with Gasteiger partial charge in [0, 0.05) is 11.8 Å². The number of nitrogens with one attached hydrogen (secondary N) is 1. The van der Waals surface area contributed by atoms with Crippen LogP contribution in [0, 0.1) is 5.92 Å². The fourth-order valence-electron chi connectivity index (χ4n) is 0.965. The largest absolute Gasteiger partial charge is 0.300 e. The van der Waals surface area contributed by atoms with Crippen LogP contribution in [0.5, 0.6) is 0 Å². The lowest BCUT2D eigenvalue weighted by Gasteiger charge is -2.07. The second-order valence-electron chi connectivity index (χ2n) is 3.17. The Morgan fingerprint density at radius 1 is 1.62 bits per heavy atom. The Labute approximate surface area is 108 Å². The molecular weight excluding hydrogens is 266 g/mol. The van der Waals surface area contributed by atoms with E-state index in [1.54, 1.807) is 11.8 Å². The van der Waals surface area contributed by atoms with Crippen LogP contribution in [-0.4, -0.2) is 27.7 Å². The van der Waals surface area contributed by atoms with Crippen molar-refractivity contribution in [3.8, 4) is 0 Å². The van der Waals surface area contributed by atoms with Gasteiger partial charge in [0.1, 0.15) is 0 Å². The molecule has 4 nitrogen and oxygen atoms in total. The first-order chi connectivity index (χ1) is 7.67. The summed E-state index contributed by atoms with van der Waals surface area (Å²) in [6.07, 6.45) is 0.669. The molecule has 0 saturated heterocycles. The fourth-order valence-corrected chi connectivity index (χ4v) is 2.94. The fraction of sp³-hybridized carbons (Fsp3) is 0.667. The van der Waals surface area contributed by atoms with Gasteiger partial charge in [0.15, 0.2) is 4.34 Å². The number of alkyl halides is 1. The minimum Gasteiger partial charge on any atom is -0.300 e. The van der Waals surface area contributed by atoms with Gasteiger partial charge in [-0.2, -0.15) is 0 Å². The molecule has 0 fully saturated rings. The molecule has 90 valence electrons. The summed E-state index contributed by atoms with van der Waals surface area (Å²) in [6.45, 7) is 3.90. The Morgan fingerprint density at radius 2 is 2.38 bits per heavy atom. The van der Waals surface area contributed by atoms with Crippen LogP contribution >= 0.6 is 34.7 Å². The van der Waals surface area contributed by atoms with E-state index in [9.17, 15) is 4.79 Å². The third-order valence-corrected chi connectivity index (χ3v) is 3.97. The maximum atomic E-state index is 11.6. The van der Waals surface area contributed by atoms with Gasteiger partial charge in [0.05, 0.1) is 0 Å². The minimum atomic E-state index is -0.0938. The number of amides is 1. The lowest BCUT2D eigenvalue weighted by Crippen LogP contribution is -2.20. The van der Waals surface area contributed by atoms with Gasteiger partial charge in [-0.15, -0.1) is 21.8 Å². The number of anilines is 1. The molecule has 16 heavy (non-hydrogen) atoms. The predicted octanol–water partition coefficient (Wildman–Crippen LogP) is 2.85. The smallest absolute Gasteiger partial charge is 0.229 e. The quantitative estimate of drug-likeness (QED) is 0.494. The third-order valence-electron chi connectivity index (χ3n) is 1.89. The zero-order valence-corrected chi connectivity index (χ0v) is 11.6. The summed E-state index contributed by atoms with van der Waals surface area (Å²) in [5, 5.41) is 11.2. The third kappa shape index (κ3) is 4.27. The lowest BCUT2D eigenvalue weighted by atomic mass is 10.1. The van der Waals surface area contributed by atoms with Crippen molar-refractivity contribution < 1.29 is 4.79 Å². The molecule has 0 aliphatic rings. The van der Waals surface area contributed by atoms with Crippen LogP contribution in [0.1, 0.15) is 20.3 Å². The molecule has 1 aromatic rings. The summed E-state index contributed by atoms with van der Waals surface area (Å²) in [5.41, 5.74) is 0. The first-order valence-corrected chi connectivity index (χ1v) is 7.34. The van der Waals surface area contributed by atoms with Crippen molar-refractivity contribution >= 4 is 45.7 Å². The van der Waals surface area contributed by atoms with Gasteiger partial charge in [-0.1, -0.05) is 36.9 Å². The number of halogens is 1. The summed E-state index contributed by atoms with van der Waals surface area (Å²) in [6, 6.07) is 0. The Bertz CT molecular complexity index is 345. The number of hydrogen-bond donors (Lipinski definition) is 1. The minimum absolute atomic E-state index is 0.0511. The molecular formula is C9H14ClN3OS2. The van der Waals surface area contributed by atoms with Crippen LogP contribution in [0.15, 0.2) is 4.34 Å². The van der Waals surface area contributed by atoms with Crippen molar-refractivity contribution in [1.82, 2.24) is 10.2 Å². The van der Waals surface area contributed by atoms with E-state index < -0.39 is 0 Å². The maximum Gasteiger partial charge on any atom is 0.229 e. The van der Waals surface area contributed by atoms with Gasteiger partial charge in [0.2, 0.25) is 11.0 Å². The van der Waals surface area contributed by atoms with Gasteiger partial charge in [0.25, 0.3) is 0 Å². The number of carbonyl (C=O) groups excluding carboxylic acids is 1. The van der Waals surface area contributed by atoms with E-state index in [4.69, 9.17) is 11.6 Å². The number of rotatable bonds is 6. The molecule has 7 heteroatoms. The zero-order chi connectivity index (χ0) is 12.0. The number of nitrogens with zero attached hydrogens (tertiary/aromatic N) is 2. The summed E-state index contributed by atoms with van der Waals surface area (Å²) in [5.74, 6) is 1.29. The van der Waals surface area contributed by atoms with E-state index in [0.717, 1.165) is 10.1 Å². The highest BCUT2D eigenvalue weighted by atomic mass is 35.5. The van der Waals surface area contributed by atoms with Gasteiger partial charge >= 0.3 is 0 Å². The van der Waals surface area contributed by atoms with E-state index in [-0.39, 0.29) is 11.8 Å². The number of hydrogen-bond acceptors (Lipinski definition) is 5. The molecule has 1 rings (SSSR count). The Morgan fingerprint density at radius 3 is 3.00 bits per heavy atom. The van der Waals surface area contributed by atoms with E-state index in [1.807, 2.05) is 13.8 Å². The highest BCUT2D eigenvalue weighted by molar-refractivity contribution is 8.01. The van der Waals surface area contributed by atoms with E-state index >= 15 is 0 Å². The van der Waals surface area contributed by atoms with Crippen molar-refractivity contribution in [3.05, 3.63) is 0 Å². The second-order valence-corrected chi connectivity index (χ2v) is 6.04. The molecule has 1 heterocycles. The molecule has 0 spiro atoms. The first kappa shape index (κ1) is 13.7. The molecule has 1 amide bonds. The molecule has 0 bridgehead atoms. The maximum absolute atomic E-state index is 11.6. The van der Waals surface area contributed by atoms with Crippen LogP contribution < -0.4 is 5.32 Å². The molecule has 0 saturated carbocycles. The average Bonchev–Trinajstić information content (AvgIpc) is 2.66. The van der Waals surface area contributed by atoms with Crippen molar-refractivity contribution in [2.75, 3.05) is 16.9 Å². The van der Waals surface area contributed by atoms with Crippen LogP contribution in [0.25, 0.3) is 0 Å². The molecule has 1 unspecified atom stereocenters. The number of carbonyl (C=O) groups is 1. The zero-order valence-electron chi connectivity index (χ0n) is 9.20. The Balaban J connectivity index is 2.49. The van der Waals surface area contributed by atoms with Gasteiger partial charge < -0.3 is 5.32 Å². The van der Waals surface area contributed by atoms with Crippen molar-refractivity contribution in [3.63, 3.8) is 0 Å². The summed E-state index contributed by atoms with van der Waals surface area (Å²) >= 11 is 8.59. The Kier molecular flexibility index (Phi) is 6.08. The normalized spacial score (nSPS) is 12.4. The van der Waals surface area contributed by atoms with E-state index in [0.29, 0.717) is 17.4 Å². The SMILES string of the molecule is CCSc1nnc(NC(=O)C(C)CCCl)s1. The monoisotopic (exact) mass is 279 g/mol. The van der Waals surface area contributed by atoms with E-state index in [2.05, 4.69) is 15.5 Å². The molecule has 0 aromatic carbocycles. The number of aromatic nitrogens is 2. The summed E-state index contributed by atoms with van der Waals surface area (Å²) in [7, 11) is 0. The van der Waals surface area contributed by atoms with Crippen LogP contribution in [-0.2, 0) is 4.79 Å². The van der Waals surface area contributed by atoms with Gasteiger partial charge in [-0.05, 0) is 12.2 Å². The van der Waals surface area contributed by atoms with Gasteiger partial charge in [-0.3, -0.25) is 4.79 Å². The first-order valence-electron chi connectivity index (χ1n) is 5.00. The molecule has 0 aliphatic heterocycles. The van der Waals surface area contributed by atoms with Crippen LogP contribution in [0.3, 0.4) is 0 Å². The molecule has 1 aromatic heterocycles. The average molecular weight is 280 g/mol. The highest BCUT2D eigenvalue weighted by Gasteiger charge is 2.14. The molecule has 1 N–H and O–H groups in total. The highest BCUT2D eigenvalue weighted by Crippen LogP contribution is 2.25. The van der Waals surface area contributed by atoms with E-state index in [1.165, 1.54) is 11.3 Å². The van der Waals surface area contributed by atoms with Crippen molar-refractivity contribution in [1.29, 1.82) is 0 Å². The molecule has 0 radical (unpaired) electrons. The topological polar surface area (TPSA) is 54.9 Å². The summed E-state index contributed by atoms with van der Waals surface area (Å²) in [4.78, 5) is 11.6. The van der Waals surface area contributed by atoms with Crippen LogP contribution in [0.4, 0.5) is 5.13 Å². The second kappa shape index (κ2) is 7.09. The van der Waals surface area contributed by atoms with Gasteiger partial charge in [-0.25, -0.2) is 0 Å². The lowest BCUT2D eigenvalue weighted by molar-refractivity contribution is -0.119.